The van der Waals surface area contributed by atoms with Crippen molar-refractivity contribution in [2.45, 2.75) is 44.6 Å². The lowest BCUT2D eigenvalue weighted by atomic mass is 9.86. The second-order valence-electron chi connectivity index (χ2n) is 7.59. The zero-order chi connectivity index (χ0) is 19.5. The zero-order valence-electron chi connectivity index (χ0n) is 16.3. The highest BCUT2D eigenvalue weighted by molar-refractivity contribution is 5.77. The Hall–Kier alpha value is -2.95. The smallest absolute Gasteiger partial charge is 0.246 e. The molecule has 2 aromatic carbocycles. The van der Waals surface area contributed by atoms with Crippen LogP contribution < -0.4 is 0 Å². The van der Waals surface area contributed by atoms with Crippen LogP contribution in [0.4, 0.5) is 0 Å². The summed E-state index contributed by atoms with van der Waals surface area (Å²) in [6.07, 6.45) is 2.65. The average molecular weight is 375 g/mol. The van der Waals surface area contributed by atoms with Crippen LogP contribution in [0.3, 0.4) is 0 Å². The molecule has 1 amide bonds. The molecule has 144 valence electrons. The summed E-state index contributed by atoms with van der Waals surface area (Å²) in [5.41, 5.74) is 3.52. The lowest BCUT2D eigenvalue weighted by Crippen LogP contribution is -2.28. The maximum absolute atomic E-state index is 13.0. The molecule has 1 aliphatic rings. The molecule has 1 atom stereocenters. The number of nitrogens with zero attached hydrogens (tertiary/aromatic N) is 3. The Balaban J connectivity index is 1.50. The van der Waals surface area contributed by atoms with Crippen LogP contribution in [-0.4, -0.2) is 28.0 Å². The molecule has 5 heteroatoms. The molecule has 0 aliphatic heterocycles. The number of carbonyl (C=O) groups excluding carboxylic acids is 1. The van der Waals surface area contributed by atoms with Gasteiger partial charge in [-0.05, 0) is 36.5 Å². The molecule has 1 unspecified atom stereocenters. The molecule has 0 spiro atoms. The normalized spacial score (nSPS) is 14.6. The highest BCUT2D eigenvalue weighted by Crippen LogP contribution is 2.38. The van der Waals surface area contributed by atoms with Crippen molar-refractivity contribution in [1.82, 2.24) is 15.0 Å². The fourth-order valence-electron chi connectivity index (χ4n) is 3.53. The van der Waals surface area contributed by atoms with Gasteiger partial charge in [-0.2, -0.15) is 4.98 Å². The largest absolute Gasteiger partial charge is 0.337 e. The van der Waals surface area contributed by atoms with Crippen LogP contribution in [0.25, 0.3) is 0 Å². The van der Waals surface area contributed by atoms with E-state index in [1.165, 1.54) is 11.1 Å². The van der Waals surface area contributed by atoms with Gasteiger partial charge in [0.15, 0.2) is 5.82 Å². The first-order chi connectivity index (χ1) is 13.6. The van der Waals surface area contributed by atoms with Crippen molar-refractivity contribution in [2.75, 3.05) is 7.05 Å². The summed E-state index contributed by atoms with van der Waals surface area (Å²) >= 11 is 0. The van der Waals surface area contributed by atoms with Gasteiger partial charge in [0.1, 0.15) is 0 Å². The molecule has 0 bridgehead atoms. The molecule has 28 heavy (non-hydrogen) atoms. The number of benzene rings is 2. The Morgan fingerprint density at radius 3 is 2.57 bits per heavy atom. The van der Waals surface area contributed by atoms with Crippen molar-refractivity contribution in [3.05, 3.63) is 83.0 Å². The average Bonchev–Trinajstić information content (AvgIpc) is 3.46. The molecule has 0 N–H and O–H groups in total. The van der Waals surface area contributed by atoms with E-state index in [4.69, 9.17) is 4.52 Å². The number of rotatable bonds is 7. The minimum absolute atomic E-state index is 0.0158. The topological polar surface area (TPSA) is 59.2 Å². The van der Waals surface area contributed by atoms with Gasteiger partial charge >= 0.3 is 0 Å². The van der Waals surface area contributed by atoms with Gasteiger partial charge in [0.2, 0.25) is 11.8 Å². The summed E-state index contributed by atoms with van der Waals surface area (Å²) in [6.45, 7) is 2.44. The van der Waals surface area contributed by atoms with Crippen LogP contribution in [0.5, 0.6) is 0 Å². The van der Waals surface area contributed by atoms with Crippen molar-refractivity contribution in [3.8, 4) is 0 Å². The Morgan fingerprint density at radius 1 is 1.14 bits per heavy atom. The van der Waals surface area contributed by atoms with Crippen LogP contribution >= 0.6 is 0 Å². The summed E-state index contributed by atoms with van der Waals surface area (Å²) in [6, 6.07) is 18.5. The van der Waals surface area contributed by atoms with Gasteiger partial charge in [0.25, 0.3) is 0 Å². The Bertz CT molecular complexity index is 947. The number of hydrogen-bond donors (Lipinski definition) is 0. The van der Waals surface area contributed by atoms with E-state index >= 15 is 0 Å². The predicted octanol–water partition coefficient (Wildman–Crippen LogP) is 4.44. The van der Waals surface area contributed by atoms with E-state index in [1.54, 1.807) is 11.9 Å². The summed E-state index contributed by atoms with van der Waals surface area (Å²) in [4.78, 5) is 19.1. The molecule has 1 fully saturated rings. The van der Waals surface area contributed by atoms with Crippen LogP contribution in [0.15, 0.2) is 59.1 Å². The fourth-order valence-corrected chi connectivity index (χ4v) is 3.53. The van der Waals surface area contributed by atoms with Gasteiger partial charge in [-0.25, -0.2) is 0 Å². The van der Waals surface area contributed by atoms with Crippen molar-refractivity contribution in [3.63, 3.8) is 0 Å². The van der Waals surface area contributed by atoms with Crippen LogP contribution in [0.1, 0.15) is 59.5 Å². The van der Waals surface area contributed by atoms with Crippen LogP contribution in [-0.2, 0) is 11.3 Å². The molecular formula is C23H25N3O2. The summed E-state index contributed by atoms with van der Waals surface area (Å²) in [7, 11) is 1.79. The molecule has 3 aromatic rings. The van der Waals surface area contributed by atoms with Crippen molar-refractivity contribution in [1.29, 1.82) is 0 Å². The Kier molecular flexibility index (Phi) is 5.24. The molecule has 4 rings (SSSR count). The first-order valence-electron chi connectivity index (χ1n) is 9.78. The van der Waals surface area contributed by atoms with Crippen LogP contribution in [0, 0.1) is 6.92 Å². The SMILES string of the molecule is Cc1ccccc1C(CC(=O)N(C)Cc1nc(C2CC2)no1)c1ccccc1. The predicted molar refractivity (Wildman–Crippen MR) is 107 cm³/mol. The molecular weight excluding hydrogens is 350 g/mol. The number of hydrogen-bond acceptors (Lipinski definition) is 4. The third-order valence-electron chi connectivity index (χ3n) is 5.37. The van der Waals surface area contributed by atoms with Crippen molar-refractivity contribution in [2.24, 2.45) is 0 Å². The van der Waals surface area contributed by atoms with E-state index in [0.29, 0.717) is 24.8 Å². The maximum Gasteiger partial charge on any atom is 0.246 e. The van der Waals surface area contributed by atoms with E-state index in [9.17, 15) is 4.79 Å². The van der Waals surface area contributed by atoms with Gasteiger partial charge in [-0.15, -0.1) is 0 Å². The van der Waals surface area contributed by atoms with E-state index in [-0.39, 0.29) is 11.8 Å². The van der Waals surface area contributed by atoms with Gasteiger partial charge in [0, 0.05) is 25.3 Å². The molecule has 0 saturated heterocycles. The monoisotopic (exact) mass is 375 g/mol. The second-order valence-corrected chi connectivity index (χ2v) is 7.59. The van der Waals surface area contributed by atoms with E-state index in [2.05, 4.69) is 41.3 Å². The molecule has 1 saturated carbocycles. The molecule has 5 nitrogen and oxygen atoms in total. The lowest BCUT2D eigenvalue weighted by molar-refractivity contribution is -0.131. The Morgan fingerprint density at radius 2 is 1.86 bits per heavy atom. The maximum atomic E-state index is 13.0. The number of aromatic nitrogens is 2. The lowest BCUT2D eigenvalue weighted by Gasteiger charge is -2.23. The summed E-state index contributed by atoms with van der Waals surface area (Å²) in [5.74, 6) is 1.80. The fraction of sp³-hybridized carbons (Fsp3) is 0.348. The first kappa shape index (κ1) is 18.4. The third kappa shape index (κ3) is 4.14. The molecule has 0 radical (unpaired) electrons. The van der Waals surface area contributed by atoms with Crippen LogP contribution in [0.2, 0.25) is 0 Å². The minimum Gasteiger partial charge on any atom is -0.337 e. The minimum atomic E-state index is 0.0158. The van der Waals surface area contributed by atoms with E-state index in [0.717, 1.165) is 24.2 Å². The standard InChI is InChI=1S/C23H25N3O2/c1-16-8-6-7-11-19(16)20(17-9-4-3-5-10-17)14-22(27)26(2)15-21-24-23(25-28-21)18-12-13-18/h3-11,18,20H,12-15H2,1-2H3. The number of aryl methyl sites for hydroxylation is 1. The summed E-state index contributed by atoms with van der Waals surface area (Å²) < 4.78 is 5.33. The molecule has 1 aliphatic carbocycles. The van der Waals surface area contributed by atoms with E-state index < -0.39 is 0 Å². The van der Waals surface area contributed by atoms with Gasteiger partial charge < -0.3 is 9.42 Å². The van der Waals surface area contributed by atoms with Gasteiger partial charge in [-0.3, -0.25) is 4.79 Å². The highest BCUT2D eigenvalue weighted by atomic mass is 16.5. The van der Waals surface area contributed by atoms with Gasteiger partial charge in [0.05, 0.1) is 6.54 Å². The third-order valence-corrected chi connectivity index (χ3v) is 5.37. The molecule has 1 aromatic heterocycles. The summed E-state index contributed by atoms with van der Waals surface area (Å²) in [5, 5.41) is 4.03. The van der Waals surface area contributed by atoms with E-state index in [1.807, 2.05) is 30.3 Å². The van der Waals surface area contributed by atoms with Crippen molar-refractivity contribution >= 4 is 5.91 Å². The molecule has 1 heterocycles. The highest BCUT2D eigenvalue weighted by Gasteiger charge is 2.29. The second kappa shape index (κ2) is 7.97. The first-order valence-corrected chi connectivity index (χ1v) is 9.78. The quantitative estimate of drug-likeness (QED) is 0.613. The Labute approximate surface area is 165 Å². The van der Waals surface area contributed by atoms with Crippen molar-refractivity contribution < 1.29 is 9.32 Å². The zero-order valence-corrected chi connectivity index (χ0v) is 16.3. The number of carbonyl (C=O) groups is 1. The number of amides is 1. The van der Waals surface area contributed by atoms with Gasteiger partial charge in [-0.1, -0.05) is 59.8 Å².